The third-order valence-corrected chi connectivity index (χ3v) is 9.53. The number of amides is 1. The van der Waals surface area contributed by atoms with Crippen LogP contribution in [0, 0.1) is 11.8 Å². The molecule has 2 aromatic rings. The average molecular weight is 511 g/mol. The minimum atomic E-state index is -0.765. The van der Waals surface area contributed by atoms with Crippen molar-refractivity contribution in [3.8, 4) is 11.5 Å². The molecule has 2 saturated carbocycles. The summed E-state index contributed by atoms with van der Waals surface area (Å²) in [5.41, 5.74) is 0.207. The lowest BCUT2D eigenvalue weighted by Gasteiger charge is -2.56. The molecule has 4 atom stereocenters. The predicted molar refractivity (Wildman–Crippen MR) is 143 cm³/mol. The Labute approximate surface area is 217 Å². The molecule has 3 unspecified atom stereocenters. The Bertz CT molecular complexity index is 1080. The molecule has 0 spiro atoms. The van der Waals surface area contributed by atoms with E-state index in [4.69, 9.17) is 0 Å². The van der Waals surface area contributed by atoms with Gasteiger partial charge < -0.3 is 20.2 Å². The number of aromatic hydroxyl groups is 2. The molecule has 194 valence electrons. The average Bonchev–Trinajstić information content (AvgIpc) is 3.53. The van der Waals surface area contributed by atoms with Crippen LogP contribution in [0.4, 0.5) is 0 Å². The van der Waals surface area contributed by atoms with Crippen LogP contribution in [0.3, 0.4) is 0 Å². The third-order valence-electron chi connectivity index (χ3n) is 8.69. The van der Waals surface area contributed by atoms with E-state index in [9.17, 15) is 20.1 Å². The quantitative estimate of drug-likeness (QED) is 0.356. The first-order valence-electron chi connectivity index (χ1n) is 13.3. The highest BCUT2D eigenvalue weighted by Gasteiger charge is 2.52. The molecule has 36 heavy (non-hydrogen) atoms. The van der Waals surface area contributed by atoms with Crippen molar-refractivity contribution in [3.63, 3.8) is 0 Å². The lowest BCUT2D eigenvalue weighted by atomic mass is 9.64. The van der Waals surface area contributed by atoms with Crippen molar-refractivity contribution >= 4 is 23.3 Å². The van der Waals surface area contributed by atoms with Crippen LogP contribution in [0.2, 0.25) is 0 Å². The van der Waals surface area contributed by atoms with E-state index in [1.165, 1.54) is 18.9 Å². The molecule has 0 radical (unpaired) electrons. The molecule has 0 bridgehead atoms. The topological polar surface area (TPSA) is 84.2 Å². The Hall–Kier alpha value is -2.35. The van der Waals surface area contributed by atoms with Crippen molar-refractivity contribution in [2.45, 2.75) is 69.1 Å². The van der Waals surface area contributed by atoms with Gasteiger partial charge in [0, 0.05) is 36.6 Å². The van der Waals surface area contributed by atoms with E-state index in [1.54, 1.807) is 23.5 Å². The maximum atomic E-state index is 12.9. The first kappa shape index (κ1) is 25.3. The lowest BCUT2D eigenvalue weighted by molar-refractivity contribution is -0.157. The van der Waals surface area contributed by atoms with Gasteiger partial charge in [0.2, 0.25) is 5.91 Å². The van der Waals surface area contributed by atoms with Crippen LogP contribution in [0.25, 0.3) is 6.08 Å². The van der Waals surface area contributed by atoms with Gasteiger partial charge in [0.25, 0.3) is 0 Å². The summed E-state index contributed by atoms with van der Waals surface area (Å²) in [5, 5.41) is 33.7. The smallest absolute Gasteiger partial charge is 0.246 e. The van der Waals surface area contributed by atoms with E-state index in [-0.39, 0.29) is 35.4 Å². The number of likely N-dealkylation sites (tertiary alicyclic amines) is 1. The molecule has 5 rings (SSSR count). The molecule has 3 N–H and O–H groups in total. The van der Waals surface area contributed by atoms with Gasteiger partial charge in [-0.1, -0.05) is 12.1 Å². The fourth-order valence-corrected chi connectivity index (χ4v) is 6.97. The fraction of sp³-hybridized carbons (Fsp3) is 0.552. The summed E-state index contributed by atoms with van der Waals surface area (Å²) in [5.74, 6) is 0.743. The van der Waals surface area contributed by atoms with E-state index < -0.39 is 5.60 Å². The zero-order chi connectivity index (χ0) is 25.3. The number of fused-ring (bicyclic) bond motifs is 1. The minimum absolute atomic E-state index is 0.0219. The van der Waals surface area contributed by atoms with Crippen LogP contribution in [0.5, 0.6) is 11.5 Å². The molecule has 2 aliphatic carbocycles. The van der Waals surface area contributed by atoms with Crippen molar-refractivity contribution in [1.82, 2.24) is 9.80 Å². The first-order chi connectivity index (χ1) is 17.3. The molecular weight excluding hydrogens is 472 g/mol. The second kappa shape index (κ2) is 10.6. The van der Waals surface area contributed by atoms with Crippen LogP contribution >= 0.6 is 11.3 Å². The highest BCUT2D eigenvalue weighted by atomic mass is 32.1. The second-order valence-corrected chi connectivity index (χ2v) is 12.0. The number of phenols is 2. The van der Waals surface area contributed by atoms with Crippen LogP contribution in [0.1, 0.15) is 55.4 Å². The molecule has 7 heteroatoms. The van der Waals surface area contributed by atoms with E-state index >= 15 is 0 Å². The molecular formula is C29H38N2O4S. The van der Waals surface area contributed by atoms with Gasteiger partial charge >= 0.3 is 0 Å². The summed E-state index contributed by atoms with van der Waals surface area (Å²) in [4.78, 5) is 18.3. The Morgan fingerprint density at radius 1 is 1.19 bits per heavy atom. The molecule has 1 aliphatic heterocycles. The number of carbonyl (C=O) groups excluding carboxylic acids is 1. The Balaban J connectivity index is 1.27. The van der Waals surface area contributed by atoms with Crippen LogP contribution in [0.15, 0.2) is 41.8 Å². The summed E-state index contributed by atoms with van der Waals surface area (Å²) in [6.07, 6.45) is 11.0. The standard InChI is InChI=1S/C29H38N2O4S/c1-30(28(34)11-8-24-3-2-16-36-24)23-12-14-29(35)22(18-23)13-15-31(19-21-4-5-21)27(29)10-7-20-6-9-25(32)26(33)17-20/h2-3,6,8-9,11,16-17,21-23,27,32-33,35H,4-5,7,10,12-15,18-19H2,1H3/b11-8+/t22?,23?,27-,29?/m1/s1. The number of rotatable bonds is 8. The van der Waals surface area contributed by atoms with Gasteiger partial charge in [0.15, 0.2) is 11.5 Å². The van der Waals surface area contributed by atoms with E-state index in [2.05, 4.69) is 4.90 Å². The molecule has 1 aromatic carbocycles. The van der Waals surface area contributed by atoms with Crippen molar-refractivity contribution in [3.05, 3.63) is 52.2 Å². The first-order valence-corrected chi connectivity index (χ1v) is 14.2. The Morgan fingerprint density at radius 3 is 2.75 bits per heavy atom. The van der Waals surface area contributed by atoms with Crippen molar-refractivity contribution in [1.29, 1.82) is 0 Å². The number of phenolic OH excluding ortho intramolecular Hbond substituents is 2. The third kappa shape index (κ3) is 5.48. The van der Waals surface area contributed by atoms with E-state index in [0.29, 0.717) is 6.42 Å². The minimum Gasteiger partial charge on any atom is -0.504 e. The number of likely N-dealkylation sites (N-methyl/N-ethyl adjacent to an activating group) is 1. The SMILES string of the molecule is CN(C(=O)/C=C/c1cccs1)C1CCC2(O)C(CCN(CC3CC3)[C@@H]2CCc2ccc(O)c(O)c2)C1. The maximum Gasteiger partial charge on any atom is 0.246 e. The van der Waals surface area contributed by atoms with Crippen molar-refractivity contribution in [2.75, 3.05) is 20.1 Å². The number of hydrogen-bond acceptors (Lipinski definition) is 6. The summed E-state index contributed by atoms with van der Waals surface area (Å²) in [6.45, 7) is 2.04. The van der Waals surface area contributed by atoms with E-state index in [0.717, 1.165) is 61.6 Å². The lowest BCUT2D eigenvalue weighted by Crippen LogP contribution is -2.64. The summed E-state index contributed by atoms with van der Waals surface area (Å²) in [6, 6.07) is 9.21. The number of carbonyl (C=O) groups is 1. The molecule has 3 aliphatic rings. The van der Waals surface area contributed by atoms with Crippen LogP contribution in [-0.2, 0) is 11.2 Å². The molecule has 3 fully saturated rings. The van der Waals surface area contributed by atoms with Gasteiger partial charge in [0.05, 0.1) is 5.60 Å². The van der Waals surface area contributed by atoms with Gasteiger partial charge in [0.1, 0.15) is 0 Å². The second-order valence-electron chi connectivity index (χ2n) is 11.0. The predicted octanol–water partition coefficient (Wildman–Crippen LogP) is 4.65. The maximum absolute atomic E-state index is 12.9. The number of aryl methyl sites for hydroxylation is 1. The Morgan fingerprint density at radius 2 is 2.03 bits per heavy atom. The van der Waals surface area contributed by atoms with Crippen LogP contribution < -0.4 is 0 Å². The van der Waals surface area contributed by atoms with Gasteiger partial charge in [-0.25, -0.2) is 0 Å². The van der Waals surface area contributed by atoms with Gasteiger partial charge in [-0.2, -0.15) is 0 Å². The van der Waals surface area contributed by atoms with Gasteiger partial charge in [-0.3, -0.25) is 9.69 Å². The van der Waals surface area contributed by atoms with Gasteiger partial charge in [-0.05, 0) is 105 Å². The molecule has 6 nitrogen and oxygen atoms in total. The highest BCUT2D eigenvalue weighted by Crippen LogP contribution is 2.47. The largest absolute Gasteiger partial charge is 0.504 e. The summed E-state index contributed by atoms with van der Waals surface area (Å²) >= 11 is 1.62. The molecule has 1 saturated heterocycles. The summed E-state index contributed by atoms with van der Waals surface area (Å²) < 4.78 is 0. The number of benzene rings is 1. The zero-order valence-electron chi connectivity index (χ0n) is 21.1. The van der Waals surface area contributed by atoms with Crippen molar-refractivity contribution in [2.24, 2.45) is 11.8 Å². The van der Waals surface area contributed by atoms with Crippen molar-refractivity contribution < 1.29 is 20.1 Å². The number of hydrogen-bond donors (Lipinski definition) is 3. The molecule has 1 amide bonds. The zero-order valence-corrected chi connectivity index (χ0v) is 21.9. The monoisotopic (exact) mass is 510 g/mol. The number of nitrogens with zero attached hydrogens (tertiary/aromatic N) is 2. The Kier molecular flexibility index (Phi) is 7.42. The van der Waals surface area contributed by atoms with Crippen LogP contribution in [-0.4, -0.2) is 68.8 Å². The highest BCUT2D eigenvalue weighted by molar-refractivity contribution is 7.10. The van der Waals surface area contributed by atoms with Gasteiger partial charge in [-0.15, -0.1) is 11.3 Å². The summed E-state index contributed by atoms with van der Waals surface area (Å²) in [7, 11) is 1.90. The number of aliphatic hydroxyl groups is 1. The van der Waals surface area contributed by atoms with E-state index in [1.807, 2.05) is 41.6 Å². The number of piperidine rings is 1. The molecule has 1 aromatic heterocycles. The number of thiophene rings is 1. The normalized spacial score (nSPS) is 28.8. The fourth-order valence-electron chi connectivity index (χ4n) is 6.35. The molecule has 2 heterocycles.